The summed E-state index contributed by atoms with van der Waals surface area (Å²) in [6.45, 7) is 20.6. The van der Waals surface area contributed by atoms with Crippen molar-refractivity contribution in [3.05, 3.63) is 284 Å². The molecule has 412 valence electrons. The highest BCUT2D eigenvalue weighted by molar-refractivity contribution is 7.19. The van der Waals surface area contributed by atoms with Gasteiger partial charge in [0.25, 0.3) is 6.33 Å². The van der Waals surface area contributed by atoms with Crippen LogP contribution in [-0.4, -0.2) is 22.2 Å². The van der Waals surface area contributed by atoms with Crippen molar-refractivity contribution in [3.63, 3.8) is 0 Å². The van der Waals surface area contributed by atoms with Crippen LogP contribution in [0.15, 0.2) is 261 Å². The van der Waals surface area contributed by atoms with E-state index < -0.39 is 8.07 Å². The number of imidazole rings is 1. The SMILES string of the molecule is CC(C)(C)c1cccc(-c2cc(C(C)(C)C)cc(-c3cccc([Si](c4ccccc4)(c4ccccc4)c4ccccc4)c3)c2-[n+]2[c-]n(-c3cccc(Oc4ccc5c6ccccc6n(-c6cc(C(C)(C)C)ccn6)c5c4)c3)c3ccccc32)c1. The summed E-state index contributed by atoms with van der Waals surface area (Å²) in [4.78, 5) is 4.94. The molecule has 0 bridgehead atoms. The molecule has 13 rings (SSSR count). The molecule has 0 aliphatic heterocycles. The van der Waals surface area contributed by atoms with Gasteiger partial charge in [-0.1, -0.05) is 263 Å². The van der Waals surface area contributed by atoms with Gasteiger partial charge in [0.2, 0.25) is 0 Å². The molecule has 0 spiro atoms. The Kier molecular flexibility index (Phi) is 13.6. The second-order valence-electron chi connectivity index (χ2n) is 25.5. The van der Waals surface area contributed by atoms with Crippen molar-refractivity contribution >= 4 is 61.7 Å². The fraction of sp³-hybridized carbons (Fsp3) is 0.154. The molecule has 10 aromatic carbocycles. The molecule has 0 fully saturated rings. The molecule has 84 heavy (non-hydrogen) atoms. The van der Waals surface area contributed by atoms with E-state index in [0.717, 1.165) is 78.4 Å². The van der Waals surface area contributed by atoms with Gasteiger partial charge in [0, 0.05) is 23.0 Å². The van der Waals surface area contributed by atoms with Crippen LogP contribution in [0.25, 0.3) is 72.3 Å². The van der Waals surface area contributed by atoms with E-state index in [1.165, 1.54) is 42.8 Å². The summed E-state index contributed by atoms with van der Waals surface area (Å²) in [6, 6.07) is 93.6. The Balaban J connectivity index is 1.01. The van der Waals surface area contributed by atoms with Gasteiger partial charge >= 0.3 is 0 Å². The van der Waals surface area contributed by atoms with Gasteiger partial charge in [-0.15, -0.1) is 0 Å². The number of rotatable bonds is 11. The van der Waals surface area contributed by atoms with E-state index in [-0.39, 0.29) is 16.2 Å². The smallest absolute Gasteiger partial charge is 0.269 e. The van der Waals surface area contributed by atoms with Crippen molar-refractivity contribution in [2.75, 3.05) is 0 Å². The summed E-state index contributed by atoms with van der Waals surface area (Å²) in [7, 11) is -2.92. The first-order chi connectivity index (χ1) is 40.5. The maximum Gasteiger partial charge on any atom is 0.269 e. The number of hydrogen-bond donors (Lipinski definition) is 0. The minimum absolute atomic E-state index is 0.0354. The molecule has 0 aliphatic carbocycles. The van der Waals surface area contributed by atoms with Gasteiger partial charge in [-0.25, -0.2) is 4.98 Å². The largest absolute Gasteiger partial charge is 0.458 e. The Morgan fingerprint density at radius 3 is 1.57 bits per heavy atom. The minimum atomic E-state index is -2.92. The number of para-hydroxylation sites is 3. The molecule has 0 amide bonds. The highest BCUT2D eigenvalue weighted by Gasteiger charge is 2.41. The molecule has 0 atom stereocenters. The Hall–Kier alpha value is -9.36. The average Bonchev–Trinajstić information content (AvgIpc) is 4.14. The molecule has 0 aliphatic rings. The van der Waals surface area contributed by atoms with Crippen LogP contribution < -0.4 is 30.1 Å². The Morgan fingerprint density at radius 2 is 0.929 bits per heavy atom. The van der Waals surface area contributed by atoms with Crippen molar-refractivity contribution in [1.82, 2.24) is 14.1 Å². The van der Waals surface area contributed by atoms with Crippen LogP contribution in [0.5, 0.6) is 11.5 Å². The topological polar surface area (TPSA) is 35.9 Å². The van der Waals surface area contributed by atoms with E-state index in [1.807, 2.05) is 12.3 Å². The zero-order valence-corrected chi connectivity index (χ0v) is 50.5. The van der Waals surface area contributed by atoms with Crippen molar-refractivity contribution in [1.29, 1.82) is 0 Å². The Morgan fingerprint density at radius 1 is 0.405 bits per heavy atom. The lowest BCUT2D eigenvalue weighted by Crippen LogP contribution is -2.74. The molecule has 3 aromatic heterocycles. The molecule has 5 nitrogen and oxygen atoms in total. The van der Waals surface area contributed by atoms with Gasteiger partial charge in [-0.2, -0.15) is 0 Å². The van der Waals surface area contributed by atoms with Crippen LogP contribution in [0.4, 0.5) is 0 Å². The van der Waals surface area contributed by atoms with E-state index in [4.69, 9.17) is 9.72 Å². The molecule has 13 aromatic rings. The van der Waals surface area contributed by atoms with Gasteiger partial charge in [0.15, 0.2) is 8.07 Å². The van der Waals surface area contributed by atoms with Crippen molar-refractivity contribution < 1.29 is 9.30 Å². The molecule has 0 unspecified atom stereocenters. The van der Waals surface area contributed by atoms with E-state index in [0.29, 0.717) is 0 Å². The molecule has 0 saturated heterocycles. The van der Waals surface area contributed by atoms with Crippen molar-refractivity contribution in [3.8, 4) is 50.9 Å². The number of hydrogen-bond acceptors (Lipinski definition) is 2. The second kappa shape index (κ2) is 21.1. The van der Waals surface area contributed by atoms with Crippen LogP contribution in [0.1, 0.15) is 79.0 Å². The third-order valence-electron chi connectivity index (χ3n) is 16.8. The summed E-state index contributed by atoms with van der Waals surface area (Å²) < 4.78 is 13.7. The van der Waals surface area contributed by atoms with Gasteiger partial charge in [0.05, 0.1) is 33.4 Å². The van der Waals surface area contributed by atoms with Gasteiger partial charge in [-0.3, -0.25) is 13.7 Å². The maximum absolute atomic E-state index is 6.92. The molecule has 0 N–H and O–H groups in total. The average molecular weight is 1110 g/mol. The summed E-state index contributed by atoms with van der Waals surface area (Å²) in [5, 5.41) is 7.63. The normalized spacial score (nSPS) is 12.3. The van der Waals surface area contributed by atoms with Crippen LogP contribution in [0, 0.1) is 6.33 Å². The lowest BCUT2D eigenvalue weighted by molar-refractivity contribution is -0.571. The molecule has 0 saturated carbocycles. The highest BCUT2D eigenvalue weighted by atomic mass is 28.3. The Labute approximate surface area is 495 Å². The van der Waals surface area contributed by atoms with Gasteiger partial charge < -0.3 is 4.74 Å². The number of benzene rings is 10. The predicted octanol–water partition coefficient (Wildman–Crippen LogP) is 16.6. The van der Waals surface area contributed by atoms with Gasteiger partial charge in [0.1, 0.15) is 17.3 Å². The lowest BCUT2D eigenvalue weighted by atomic mass is 9.81. The van der Waals surface area contributed by atoms with E-state index in [9.17, 15) is 0 Å². The monoisotopic (exact) mass is 1110 g/mol. The number of fused-ring (bicyclic) bond motifs is 4. The fourth-order valence-corrected chi connectivity index (χ4v) is 17.2. The zero-order valence-electron chi connectivity index (χ0n) is 49.5. The maximum atomic E-state index is 6.92. The first-order valence-electron chi connectivity index (χ1n) is 29.3. The summed E-state index contributed by atoms with van der Waals surface area (Å²) >= 11 is 0. The summed E-state index contributed by atoms with van der Waals surface area (Å²) in [6.07, 6.45) is 5.94. The van der Waals surface area contributed by atoms with Crippen LogP contribution in [-0.2, 0) is 16.2 Å². The van der Waals surface area contributed by atoms with Crippen LogP contribution in [0.2, 0.25) is 0 Å². The fourth-order valence-electron chi connectivity index (χ4n) is 12.4. The molecular formula is C78H70N4OSi. The standard InChI is InChI=1S/C78H70N4OSi/c1-76(2,3)56-28-23-26-54(46-56)68-48-58(78(7,8)9)49-69(55-27-24-37-65(47-55)84(62-31-13-10-14-32-62,63-33-15-11-16-34-63)64-35-17-12-18-36-64)75(68)81-53-80(71-40-21-22-41-72(71)81)59-29-25-30-60(51-59)83-61-42-43-67-66-38-19-20-39-70(66)82(73(67)52-61)74-50-57(44-45-79-74)77(4,5)6/h10-52H,1-9H3. The lowest BCUT2D eigenvalue weighted by Gasteiger charge is -2.35. The number of aromatic nitrogens is 4. The van der Waals surface area contributed by atoms with Crippen LogP contribution >= 0.6 is 0 Å². The predicted molar refractivity (Wildman–Crippen MR) is 353 cm³/mol. The van der Waals surface area contributed by atoms with Crippen LogP contribution in [0.3, 0.4) is 0 Å². The summed E-state index contributed by atoms with van der Waals surface area (Å²) in [5.74, 6) is 2.33. The van der Waals surface area contributed by atoms with Gasteiger partial charge in [-0.05, 0) is 124 Å². The number of nitrogens with zero attached hydrogens (tertiary/aromatic N) is 4. The first-order valence-corrected chi connectivity index (χ1v) is 31.3. The van der Waals surface area contributed by atoms with E-state index >= 15 is 0 Å². The van der Waals surface area contributed by atoms with E-state index in [2.05, 4.69) is 331 Å². The first kappa shape index (κ1) is 53.9. The Bertz CT molecular complexity index is 4480. The van der Waals surface area contributed by atoms with E-state index in [1.54, 1.807) is 0 Å². The molecule has 0 radical (unpaired) electrons. The third kappa shape index (κ3) is 9.74. The zero-order chi connectivity index (χ0) is 58.0. The quantitative estimate of drug-likeness (QED) is 0.0560. The number of ether oxygens (including phenoxy) is 1. The summed E-state index contributed by atoms with van der Waals surface area (Å²) in [5.41, 5.74) is 14.2. The molecular weight excluding hydrogens is 1040 g/mol. The second-order valence-corrected chi connectivity index (χ2v) is 29.3. The van der Waals surface area contributed by atoms with Crippen molar-refractivity contribution in [2.45, 2.75) is 78.6 Å². The minimum Gasteiger partial charge on any atom is -0.458 e. The molecule has 6 heteroatoms. The highest BCUT2D eigenvalue weighted by Crippen LogP contribution is 2.41. The van der Waals surface area contributed by atoms with Crippen molar-refractivity contribution in [2.24, 2.45) is 0 Å². The number of pyridine rings is 1. The third-order valence-corrected chi connectivity index (χ3v) is 21.6. The molecule has 3 heterocycles.